The first-order valence-corrected chi connectivity index (χ1v) is 6.81. The van der Waals surface area contributed by atoms with Gasteiger partial charge in [0.05, 0.1) is 18.8 Å². The third-order valence-corrected chi connectivity index (χ3v) is 2.78. The van der Waals surface area contributed by atoms with Crippen molar-refractivity contribution in [2.75, 3.05) is 19.8 Å². The van der Waals surface area contributed by atoms with Crippen molar-refractivity contribution in [2.45, 2.75) is 33.1 Å². The lowest BCUT2D eigenvalue weighted by Gasteiger charge is -2.06. The van der Waals surface area contributed by atoms with Gasteiger partial charge in [0.25, 0.3) is 0 Å². The van der Waals surface area contributed by atoms with Gasteiger partial charge in [-0.05, 0) is 38.7 Å². The molecule has 0 saturated carbocycles. The smallest absolute Gasteiger partial charge is 0.355 e. The number of hydrogen-bond acceptors (Lipinski definition) is 5. The normalized spacial score (nSPS) is 10.3. The van der Waals surface area contributed by atoms with E-state index < -0.39 is 11.9 Å². The zero-order valence-corrected chi connectivity index (χ0v) is 11.9. The first kappa shape index (κ1) is 16.2. The topological polar surface area (TPSA) is 88.6 Å². The van der Waals surface area contributed by atoms with Gasteiger partial charge >= 0.3 is 11.9 Å². The first-order chi connectivity index (χ1) is 9.65. The molecule has 0 aliphatic heterocycles. The fourth-order valence-corrected chi connectivity index (χ4v) is 1.89. The van der Waals surface area contributed by atoms with E-state index in [4.69, 9.17) is 14.6 Å². The number of hydrogen-bond donors (Lipinski definition) is 2. The molecule has 0 aliphatic carbocycles. The molecule has 0 spiro atoms. The lowest BCUT2D eigenvalue weighted by molar-refractivity contribution is 0.0475. The summed E-state index contributed by atoms with van der Waals surface area (Å²) in [5, 5.41) is 8.80. The van der Waals surface area contributed by atoms with Crippen LogP contribution in [0.2, 0.25) is 0 Å². The maximum Gasteiger partial charge on any atom is 0.355 e. The van der Waals surface area contributed by atoms with Crippen LogP contribution in [0.25, 0.3) is 0 Å². The van der Waals surface area contributed by atoms with E-state index in [0.717, 1.165) is 6.42 Å². The number of aryl methyl sites for hydroxylation is 1. The summed E-state index contributed by atoms with van der Waals surface area (Å²) in [6.07, 6.45) is 3.58. The Kier molecular flexibility index (Phi) is 6.79. The van der Waals surface area contributed by atoms with E-state index in [9.17, 15) is 9.59 Å². The van der Waals surface area contributed by atoms with E-state index in [-0.39, 0.29) is 31.1 Å². The van der Waals surface area contributed by atoms with Crippen LogP contribution in [-0.2, 0) is 15.9 Å². The molecule has 1 rings (SSSR count). The van der Waals surface area contributed by atoms with Gasteiger partial charge in [0.2, 0.25) is 0 Å². The lowest BCUT2D eigenvalue weighted by Crippen LogP contribution is -2.14. The van der Waals surface area contributed by atoms with E-state index in [0.29, 0.717) is 18.4 Å². The van der Waals surface area contributed by atoms with Crippen LogP contribution in [0.4, 0.5) is 0 Å². The number of unbranched alkanes of at least 4 members (excludes halogenated alkanes) is 1. The summed E-state index contributed by atoms with van der Waals surface area (Å²) in [6, 6.07) is 0. The molecule has 0 unspecified atom stereocenters. The van der Waals surface area contributed by atoms with Crippen LogP contribution in [0, 0.1) is 0 Å². The molecule has 0 aliphatic rings. The number of rotatable bonds is 8. The molecule has 0 atom stereocenters. The number of aromatic nitrogens is 1. The standard InChI is InChI=1S/C14H21NO5/c1-3-19-13(17)11-10(7-5-6-8-16)9-15-12(11)14(18)20-4-2/h9,15-16H,3-8H2,1-2H3. The number of aliphatic hydroxyl groups excluding tert-OH is 1. The van der Waals surface area contributed by atoms with Crippen LogP contribution in [0.1, 0.15) is 53.1 Å². The van der Waals surface area contributed by atoms with Gasteiger partial charge in [-0.1, -0.05) is 0 Å². The molecule has 0 saturated heterocycles. The van der Waals surface area contributed by atoms with Crippen molar-refractivity contribution in [3.63, 3.8) is 0 Å². The van der Waals surface area contributed by atoms with Gasteiger partial charge in [-0.2, -0.15) is 0 Å². The molecule has 6 heteroatoms. The van der Waals surface area contributed by atoms with E-state index in [1.165, 1.54) is 0 Å². The Morgan fingerprint density at radius 2 is 1.80 bits per heavy atom. The fourth-order valence-electron chi connectivity index (χ4n) is 1.89. The van der Waals surface area contributed by atoms with Crippen molar-refractivity contribution in [3.8, 4) is 0 Å². The van der Waals surface area contributed by atoms with Crippen LogP contribution in [0.3, 0.4) is 0 Å². The highest BCUT2D eigenvalue weighted by atomic mass is 16.5. The molecule has 20 heavy (non-hydrogen) atoms. The average Bonchev–Trinajstić information content (AvgIpc) is 2.83. The predicted molar refractivity (Wildman–Crippen MR) is 72.7 cm³/mol. The van der Waals surface area contributed by atoms with Crippen LogP contribution >= 0.6 is 0 Å². The second-order valence-electron chi connectivity index (χ2n) is 4.19. The maximum absolute atomic E-state index is 12.0. The van der Waals surface area contributed by atoms with E-state index in [1.807, 2.05) is 0 Å². The molecule has 1 aromatic rings. The maximum atomic E-state index is 12.0. The van der Waals surface area contributed by atoms with Gasteiger partial charge in [0.1, 0.15) is 5.69 Å². The minimum absolute atomic E-state index is 0.101. The van der Waals surface area contributed by atoms with Gasteiger partial charge in [-0.25, -0.2) is 9.59 Å². The third kappa shape index (κ3) is 4.09. The number of H-pyrrole nitrogens is 1. The Labute approximate surface area is 118 Å². The zero-order chi connectivity index (χ0) is 15.0. The molecule has 1 heterocycles. The second kappa shape index (κ2) is 8.37. The summed E-state index contributed by atoms with van der Waals surface area (Å²) in [6.45, 7) is 3.99. The molecule has 2 N–H and O–H groups in total. The van der Waals surface area contributed by atoms with Gasteiger partial charge in [0.15, 0.2) is 0 Å². The van der Waals surface area contributed by atoms with E-state index in [2.05, 4.69) is 4.98 Å². The number of aromatic amines is 1. The molecular weight excluding hydrogens is 262 g/mol. The Morgan fingerprint density at radius 3 is 2.40 bits per heavy atom. The quantitative estimate of drug-likeness (QED) is 0.560. The number of carbonyl (C=O) groups excluding carboxylic acids is 2. The summed E-state index contributed by atoms with van der Waals surface area (Å²) in [5.74, 6) is -1.10. The Bertz CT molecular complexity index is 452. The van der Waals surface area contributed by atoms with Crippen LogP contribution in [-0.4, -0.2) is 41.8 Å². The summed E-state index contributed by atoms with van der Waals surface area (Å²) in [7, 11) is 0. The van der Waals surface area contributed by atoms with Crippen molar-refractivity contribution in [1.82, 2.24) is 4.98 Å². The molecule has 0 aromatic carbocycles. The number of esters is 2. The van der Waals surface area contributed by atoms with Gasteiger partial charge in [0, 0.05) is 12.8 Å². The van der Waals surface area contributed by atoms with Crippen molar-refractivity contribution >= 4 is 11.9 Å². The molecular formula is C14H21NO5. The van der Waals surface area contributed by atoms with Crippen molar-refractivity contribution in [1.29, 1.82) is 0 Å². The third-order valence-electron chi connectivity index (χ3n) is 2.78. The Morgan fingerprint density at radius 1 is 1.15 bits per heavy atom. The van der Waals surface area contributed by atoms with Crippen LogP contribution < -0.4 is 0 Å². The molecule has 0 bridgehead atoms. The largest absolute Gasteiger partial charge is 0.462 e. The molecule has 0 fully saturated rings. The minimum Gasteiger partial charge on any atom is -0.462 e. The average molecular weight is 283 g/mol. The minimum atomic E-state index is -0.566. The number of aliphatic hydroxyl groups is 1. The van der Waals surface area contributed by atoms with E-state index >= 15 is 0 Å². The van der Waals surface area contributed by atoms with E-state index in [1.54, 1.807) is 20.0 Å². The van der Waals surface area contributed by atoms with Gasteiger partial charge < -0.3 is 19.6 Å². The van der Waals surface area contributed by atoms with Crippen LogP contribution in [0.5, 0.6) is 0 Å². The molecule has 1 aromatic heterocycles. The highest BCUT2D eigenvalue weighted by Crippen LogP contribution is 2.19. The monoisotopic (exact) mass is 283 g/mol. The molecule has 6 nitrogen and oxygen atoms in total. The van der Waals surface area contributed by atoms with Gasteiger partial charge in [-0.15, -0.1) is 0 Å². The fraction of sp³-hybridized carbons (Fsp3) is 0.571. The highest BCUT2D eigenvalue weighted by Gasteiger charge is 2.24. The van der Waals surface area contributed by atoms with Gasteiger partial charge in [-0.3, -0.25) is 0 Å². The van der Waals surface area contributed by atoms with Crippen molar-refractivity contribution in [3.05, 3.63) is 23.0 Å². The zero-order valence-electron chi connectivity index (χ0n) is 11.9. The Balaban J connectivity index is 2.99. The SMILES string of the molecule is CCOC(=O)c1[nH]cc(CCCCO)c1C(=O)OCC. The first-order valence-electron chi connectivity index (χ1n) is 6.81. The highest BCUT2D eigenvalue weighted by molar-refractivity contribution is 6.03. The molecule has 0 radical (unpaired) electrons. The summed E-state index contributed by atoms with van der Waals surface area (Å²) >= 11 is 0. The van der Waals surface area contributed by atoms with Crippen molar-refractivity contribution < 1.29 is 24.2 Å². The number of ether oxygens (including phenoxy) is 2. The molecule has 0 amide bonds. The van der Waals surface area contributed by atoms with Crippen LogP contribution in [0.15, 0.2) is 6.20 Å². The lowest BCUT2D eigenvalue weighted by atomic mass is 10.1. The number of nitrogens with one attached hydrogen (secondary N) is 1. The summed E-state index contributed by atoms with van der Waals surface area (Å²) in [4.78, 5) is 26.6. The summed E-state index contributed by atoms with van der Waals surface area (Å²) in [5.41, 5.74) is 1.08. The number of carbonyl (C=O) groups is 2. The Hall–Kier alpha value is -1.82. The van der Waals surface area contributed by atoms with Crippen molar-refractivity contribution in [2.24, 2.45) is 0 Å². The predicted octanol–water partition coefficient (Wildman–Crippen LogP) is 1.68. The summed E-state index contributed by atoms with van der Waals surface area (Å²) < 4.78 is 9.90. The second-order valence-corrected chi connectivity index (χ2v) is 4.19. The molecule has 112 valence electrons.